The van der Waals surface area contributed by atoms with E-state index in [1.54, 1.807) is 24.3 Å². The number of H-pyrrole nitrogens is 1. The average molecular weight is 497 g/mol. The van der Waals surface area contributed by atoms with Gasteiger partial charge in [-0.15, -0.1) is 0 Å². The molecule has 0 bridgehead atoms. The molecule has 2 aromatic heterocycles. The van der Waals surface area contributed by atoms with E-state index in [9.17, 15) is 9.59 Å². The number of benzene rings is 2. The number of carbonyl (C=O) groups excluding carboxylic acids is 2. The number of likely N-dealkylation sites (tertiary alicyclic amines) is 1. The van der Waals surface area contributed by atoms with Crippen molar-refractivity contribution >= 4 is 28.5 Å². The van der Waals surface area contributed by atoms with Crippen molar-refractivity contribution in [2.24, 2.45) is 0 Å². The molecule has 4 aromatic rings. The fourth-order valence-corrected chi connectivity index (χ4v) is 5.12. The normalized spacial score (nSPS) is 15.0. The summed E-state index contributed by atoms with van der Waals surface area (Å²) in [5.41, 5.74) is 11.8. The van der Waals surface area contributed by atoms with E-state index in [-0.39, 0.29) is 18.2 Å². The first-order valence-corrected chi connectivity index (χ1v) is 12.7. The molecule has 2 aromatic carbocycles. The van der Waals surface area contributed by atoms with Crippen molar-refractivity contribution < 1.29 is 9.59 Å². The van der Waals surface area contributed by atoms with Crippen LogP contribution in [0.3, 0.4) is 0 Å². The molecule has 190 valence electrons. The number of fused-ring (bicyclic) bond motifs is 1. The number of hydrogen-bond acceptors (Lipinski definition) is 5. The minimum Gasteiger partial charge on any atom is -0.399 e. The number of nitrogens with one attached hydrogen (secondary N) is 2. The Kier molecular flexibility index (Phi) is 6.90. The van der Waals surface area contributed by atoms with Gasteiger partial charge in [0.1, 0.15) is 11.3 Å². The molecule has 0 saturated carbocycles. The van der Waals surface area contributed by atoms with Gasteiger partial charge in [-0.2, -0.15) is 0 Å². The highest BCUT2D eigenvalue weighted by atomic mass is 16.2. The molecule has 8 heteroatoms. The molecule has 2 amide bonds. The Bertz CT molecular complexity index is 1410. The summed E-state index contributed by atoms with van der Waals surface area (Å²) in [7, 11) is 0. The van der Waals surface area contributed by atoms with Crippen LogP contribution in [-0.4, -0.2) is 44.8 Å². The van der Waals surface area contributed by atoms with Gasteiger partial charge in [-0.25, -0.2) is 4.98 Å². The number of nitrogen functional groups attached to an aromatic ring is 1. The molecule has 0 spiro atoms. The molecule has 1 aliphatic heterocycles. The molecule has 8 nitrogen and oxygen atoms in total. The van der Waals surface area contributed by atoms with Crippen LogP contribution in [0.25, 0.3) is 11.0 Å². The monoisotopic (exact) mass is 496 g/mol. The van der Waals surface area contributed by atoms with Gasteiger partial charge in [0.15, 0.2) is 0 Å². The molecule has 1 saturated heterocycles. The molecular weight excluding hydrogens is 464 g/mol. The maximum absolute atomic E-state index is 13.4. The summed E-state index contributed by atoms with van der Waals surface area (Å²) in [6.45, 7) is 5.27. The van der Waals surface area contributed by atoms with Crippen LogP contribution >= 0.6 is 0 Å². The number of aryl methyl sites for hydroxylation is 2. The Morgan fingerprint density at radius 2 is 1.78 bits per heavy atom. The van der Waals surface area contributed by atoms with E-state index in [4.69, 9.17) is 5.73 Å². The van der Waals surface area contributed by atoms with Crippen molar-refractivity contribution in [1.29, 1.82) is 0 Å². The lowest BCUT2D eigenvalue weighted by molar-refractivity contribution is -0.132. The van der Waals surface area contributed by atoms with Crippen molar-refractivity contribution in [2.75, 3.05) is 18.8 Å². The SMILES string of the molecule is Cc1nc2c(C)ncc(C3CCN(C(=O)CC(NC(=O)c4ccc(N)cc4)c4ccccc4)CC3)c2[nH]1. The van der Waals surface area contributed by atoms with Crippen LogP contribution in [-0.2, 0) is 4.79 Å². The van der Waals surface area contributed by atoms with Crippen molar-refractivity contribution in [3.05, 3.63) is 89.0 Å². The topological polar surface area (TPSA) is 117 Å². The third-order valence-corrected chi connectivity index (χ3v) is 7.20. The molecule has 3 heterocycles. The standard InChI is InChI=1S/C29H32N6O2/c1-18-27-28(33-19(2)32-27)24(17-31-18)20-12-14-35(15-13-20)26(36)16-25(21-6-4-3-5-7-21)34-29(37)22-8-10-23(30)11-9-22/h3-11,17,20,25H,12-16,30H2,1-2H3,(H,32,33)(H,34,37). The summed E-state index contributed by atoms with van der Waals surface area (Å²) in [6, 6.07) is 16.0. The summed E-state index contributed by atoms with van der Waals surface area (Å²) in [5.74, 6) is 1.00. The highest BCUT2D eigenvalue weighted by molar-refractivity contribution is 5.95. The zero-order chi connectivity index (χ0) is 25.9. The van der Waals surface area contributed by atoms with Crippen LogP contribution in [0, 0.1) is 13.8 Å². The second-order valence-corrected chi connectivity index (χ2v) is 9.76. The Hall–Kier alpha value is -4.20. The maximum Gasteiger partial charge on any atom is 0.251 e. The summed E-state index contributed by atoms with van der Waals surface area (Å²) < 4.78 is 0. The zero-order valence-corrected chi connectivity index (χ0v) is 21.2. The van der Waals surface area contributed by atoms with E-state index in [0.29, 0.717) is 30.3 Å². The van der Waals surface area contributed by atoms with Crippen molar-refractivity contribution in [3.63, 3.8) is 0 Å². The molecule has 1 atom stereocenters. The van der Waals surface area contributed by atoms with Gasteiger partial charge in [-0.1, -0.05) is 30.3 Å². The number of hydrogen-bond donors (Lipinski definition) is 3. The molecule has 1 aliphatic rings. The highest BCUT2D eigenvalue weighted by Gasteiger charge is 2.28. The molecule has 4 N–H and O–H groups in total. The smallest absolute Gasteiger partial charge is 0.251 e. The third-order valence-electron chi connectivity index (χ3n) is 7.20. The predicted molar refractivity (Wildman–Crippen MR) is 144 cm³/mol. The van der Waals surface area contributed by atoms with Crippen LogP contribution in [0.1, 0.15) is 64.2 Å². The van der Waals surface area contributed by atoms with Gasteiger partial charge in [0.05, 0.1) is 23.7 Å². The van der Waals surface area contributed by atoms with E-state index in [2.05, 4.69) is 20.3 Å². The lowest BCUT2D eigenvalue weighted by Crippen LogP contribution is -2.40. The first kappa shape index (κ1) is 24.5. The van der Waals surface area contributed by atoms with Gasteiger partial charge in [-0.3, -0.25) is 14.6 Å². The van der Waals surface area contributed by atoms with E-state index >= 15 is 0 Å². The first-order chi connectivity index (χ1) is 17.9. The van der Waals surface area contributed by atoms with Crippen molar-refractivity contribution in [3.8, 4) is 0 Å². The zero-order valence-electron chi connectivity index (χ0n) is 21.2. The van der Waals surface area contributed by atoms with Crippen molar-refractivity contribution in [1.82, 2.24) is 25.2 Å². The molecular formula is C29H32N6O2. The van der Waals surface area contributed by atoms with E-state index in [1.807, 2.05) is 55.3 Å². The van der Waals surface area contributed by atoms with Gasteiger partial charge in [0, 0.05) is 30.5 Å². The van der Waals surface area contributed by atoms with Crippen LogP contribution in [0.2, 0.25) is 0 Å². The Morgan fingerprint density at radius 3 is 2.49 bits per heavy atom. The van der Waals surface area contributed by atoms with Crippen LogP contribution in [0.4, 0.5) is 5.69 Å². The van der Waals surface area contributed by atoms with Crippen LogP contribution in [0.15, 0.2) is 60.8 Å². The largest absolute Gasteiger partial charge is 0.399 e. The van der Waals surface area contributed by atoms with E-state index < -0.39 is 6.04 Å². The molecule has 0 aliphatic carbocycles. The Labute approximate surface area is 216 Å². The lowest BCUT2D eigenvalue weighted by Gasteiger charge is -2.33. The fraction of sp³-hybridized carbons (Fsp3) is 0.310. The van der Waals surface area contributed by atoms with Gasteiger partial charge in [0.2, 0.25) is 5.91 Å². The number of rotatable bonds is 6. The quantitative estimate of drug-likeness (QED) is 0.342. The molecule has 0 radical (unpaired) electrons. The number of pyridine rings is 1. The number of aromatic nitrogens is 3. The lowest BCUT2D eigenvalue weighted by atomic mass is 9.89. The number of nitrogens with zero attached hydrogens (tertiary/aromatic N) is 3. The van der Waals surface area contributed by atoms with Crippen molar-refractivity contribution in [2.45, 2.75) is 45.1 Å². The third kappa shape index (κ3) is 5.33. The first-order valence-electron chi connectivity index (χ1n) is 12.7. The number of anilines is 1. The van der Waals surface area contributed by atoms with E-state index in [1.165, 1.54) is 5.56 Å². The van der Waals surface area contributed by atoms with Gasteiger partial charge in [0.25, 0.3) is 5.91 Å². The van der Waals surface area contributed by atoms with Gasteiger partial charge < -0.3 is 20.9 Å². The summed E-state index contributed by atoms with van der Waals surface area (Å²) in [5, 5.41) is 3.05. The summed E-state index contributed by atoms with van der Waals surface area (Å²) >= 11 is 0. The number of nitrogens with two attached hydrogens (primary N) is 1. The number of amides is 2. The van der Waals surface area contributed by atoms with E-state index in [0.717, 1.165) is 41.0 Å². The fourth-order valence-electron chi connectivity index (χ4n) is 5.12. The molecule has 1 fully saturated rings. The second kappa shape index (κ2) is 10.4. The molecule has 37 heavy (non-hydrogen) atoms. The Morgan fingerprint density at radius 1 is 1.08 bits per heavy atom. The number of aromatic amines is 1. The number of carbonyl (C=O) groups is 2. The molecule has 5 rings (SSSR count). The minimum absolute atomic E-state index is 0.0365. The molecule has 1 unspecified atom stereocenters. The minimum atomic E-state index is -0.426. The van der Waals surface area contributed by atoms with Crippen LogP contribution < -0.4 is 11.1 Å². The number of piperidine rings is 1. The highest BCUT2D eigenvalue weighted by Crippen LogP contribution is 2.33. The maximum atomic E-state index is 13.4. The summed E-state index contributed by atoms with van der Waals surface area (Å²) in [4.78, 5) is 40.8. The number of imidazole rings is 1. The second-order valence-electron chi connectivity index (χ2n) is 9.76. The van der Waals surface area contributed by atoms with Gasteiger partial charge in [-0.05, 0) is 68.0 Å². The summed E-state index contributed by atoms with van der Waals surface area (Å²) in [6.07, 6.45) is 3.87. The Balaban J connectivity index is 1.27. The van der Waals surface area contributed by atoms with Gasteiger partial charge >= 0.3 is 0 Å². The predicted octanol–water partition coefficient (Wildman–Crippen LogP) is 4.42. The van der Waals surface area contributed by atoms with Crippen LogP contribution in [0.5, 0.6) is 0 Å². The average Bonchev–Trinajstić information content (AvgIpc) is 3.31.